The summed E-state index contributed by atoms with van der Waals surface area (Å²) in [6, 6.07) is 0.638. The molecule has 0 saturated heterocycles. The van der Waals surface area contributed by atoms with Gasteiger partial charge in [-0.05, 0) is 47.1 Å². The van der Waals surface area contributed by atoms with E-state index in [1.54, 1.807) is 0 Å². The van der Waals surface area contributed by atoms with Gasteiger partial charge < -0.3 is 0 Å². The van der Waals surface area contributed by atoms with E-state index in [9.17, 15) is 0 Å². The van der Waals surface area contributed by atoms with Gasteiger partial charge in [-0.15, -0.1) is 0 Å². The predicted octanol–water partition coefficient (Wildman–Crippen LogP) is 3.54. The molecule has 0 aromatic carbocycles. The molecule has 0 rings (SSSR count). The third-order valence-corrected chi connectivity index (χ3v) is 3.27. The standard InChI is InChI=1S/C12H27N/c1-8-11(4)9-12(5,6)13(7)10(2)3/h10-11H,8-9H2,1-7H3. The molecule has 0 amide bonds. The van der Waals surface area contributed by atoms with Gasteiger partial charge in [0.05, 0.1) is 0 Å². The van der Waals surface area contributed by atoms with Gasteiger partial charge in [0.15, 0.2) is 0 Å². The highest BCUT2D eigenvalue weighted by Gasteiger charge is 2.26. The largest absolute Gasteiger partial charge is 0.299 e. The highest BCUT2D eigenvalue weighted by Crippen LogP contribution is 2.25. The first-order valence-corrected chi connectivity index (χ1v) is 5.54. The summed E-state index contributed by atoms with van der Waals surface area (Å²) < 4.78 is 0. The number of hydrogen-bond donors (Lipinski definition) is 0. The van der Waals surface area contributed by atoms with E-state index in [0.29, 0.717) is 11.6 Å². The second-order valence-corrected chi connectivity index (χ2v) is 5.23. The minimum Gasteiger partial charge on any atom is -0.299 e. The lowest BCUT2D eigenvalue weighted by molar-refractivity contribution is 0.0941. The summed E-state index contributed by atoms with van der Waals surface area (Å²) in [5.74, 6) is 0.830. The van der Waals surface area contributed by atoms with Crippen molar-refractivity contribution in [2.75, 3.05) is 7.05 Å². The number of rotatable bonds is 5. The number of hydrogen-bond acceptors (Lipinski definition) is 1. The fourth-order valence-corrected chi connectivity index (χ4v) is 1.84. The van der Waals surface area contributed by atoms with Crippen molar-refractivity contribution in [1.82, 2.24) is 4.90 Å². The van der Waals surface area contributed by atoms with Gasteiger partial charge in [0.25, 0.3) is 0 Å². The average Bonchev–Trinajstić information content (AvgIpc) is 2.01. The van der Waals surface area contributed by atoms with E-state index in [2.05, 4.69) is 53.5 Å². The molecular formula is C12H27N. The smallest absolute Gasteiger partial charge is 0.0155 e. The fourth-order valence-electron chi connectivity index (χ4n) is 1.84. The Morgan fingerprint density at radius 2 is 1.62 bits per heavy atom. The molecule has 1 heteroatoms. The Morgan fingerprint density at radius 3 is 1.92 bits per heavy atom. The summed E-state index contributed by atoms with van der Waals surface area (Å²) in [4.78, 5) is 2.47. The summed E-state index contributed by atoms with van der Waals surface area (Å²) in [5.41, 5.74) is 0.337. The highest BCUT2D eigenvalue weighted by atomic mass is 15.2. The van der Waals surface area contributed by atoms with Gasteiger partial charge in [-0.3, -0.25) is 4.90 Å². The van der Waals surface area contributed by atoms with E-state index in [1.165, 1.54) is 12.8 Å². The normalized spacial score (nSPS) is 15.5. The molecule has 0 radical (unpaired) electrons. The van der Waals surface area contributed by atoms with Crippen LogP contribution in [-0.2, 0) is 0 Å². The second-order valence-electron chi connectivity index (χ2n) is 5.23. The maximum atomic E-state index is 2.47. The van der Waals surface area contributed by atoms with Crippen LogP contribution < -0.4 is 0 Å². The Bertz CT molecular complexity index is 138. The van der Waals surface area contributed by atoms with Crippen LogP contribution in [0, 0.1) is 5.92 Å². The van der Waals surface area contributed by atoms with Crippen molar-refractivity contribution < 1.29 is 0 Å². The molecule has 0 aliphatic rings. The second kappa shape index (κ2) is 4.99. The van der Waals surface area contributed by atoms with Gasteiger partial charge in [-0.2, -0.15) is 0 Å². The Balaban J connectivity index is 4.21. The molecule has 1 unspecified atom stereocenters. The maximum Gasteiger partial charge on any atom is 0.0155 e. The Morgan fingerprint density at radius 1 is 1.15 bits per heavy atom. The summed E-state index contributed by atoms with van der Waals surface area (Å²) >= 11 is 0. The zero-order valence-corrected chi connectivity index (χ0v) is 10.5. The van der Waals surface area contributed by atoms with Crippen molar-refractivity contribution in [3.05, 3.63) is 0 Å². The first kappa shape index (κ1) is 13.0. The van der Waals surface area contributed by atoms with Gasteiger partial charge in [0.2, 0.25) is 0 Å². The summed E-state index contributed by atoms with van der Waals surface area (Å²) in [7, 11) is 2.23. The zero-order valence-electron chi connectivity index (χ0n) is 10.5. The lowest BCUT2D eigenvalue weighted by Gasteiger charge is -2.40. The number of nitrogens with zero attached hydrogens (tertiary/aromatic N) is 1. The highest BCUT2D eigenvalue weighted by molar-refractivity contribution is 4.82. The van der Waals surface area contributed by atoms with Crippen molar-refractivity contribution in [1.29, 1.82) is 0 Å². The molecule has 0 aromatic rings. The van der Waals surface area contributed by atoms with Crippen LogP contribution in [0.25, 0.3) is 0 Å². The Kier molecular flexibility index (Phi) is 4.98. The van der Waals surface area contributed by atoms with E-state index in [1.807, 2.05) is 0 Å². The predicted molar refractivity (Wildman–Crippen MR) is 61.1 cm³/mol. The lowest BCUT2D eigenvalue weighted by Crippen LogP contribution is -2.46. The zero-order chi connectivity index (χ0) is 10.6. The van der Waals surface area contributed by atoms with E-state index in [-0.39, 0.29) is 0 Å². The minimum atomic E-state index is 0.337. The molecule has 0 aliphatic carbocycles. The molecule has 0 heterocycles. The quantitative estimate of drug-likeness (QED) is 0.633. The van der Waals surface area contributed by atoms with Crippen molar-refractivity contribution >= 4 is 0 Å². The monoisotopic (exact) mass is 185 g/mol. The molecule has 0 bridgehead atoms. The first-order chi connectivity index (χ1) is 5.81. The Labute approximate surface area is 84.5 Å². The molecule has 0 spiro atoms. The lowest BCUT2D eigenvalue weighted by atomic mass is 9.88. The Hall–Kier alpha value is -0.0400. The molecule has 0 N–H and O–H groups in total. The summed E-state index contributed by atoms with van der Waals surface area (Å²) in [6.45, 7) is 13.8. The van der Waals surface area contributed by atoms with Gasteiger partial charge in [-0.1, -0.05) is 20.3 Å². The van der Waals surface area contributed by atoms with Crippen LogP contribution in [0.4, 0.5) is 0 Å². The topological polar surface area (TPSA) is 3.24 Å². The van der Waals surface area contributed by atoms with Crippen molar-refractivity contribution in [2.45, 2.75) is 66.0 Å². The van der Waals surface area contributed by atoms with Crippen LogP contribution >= 0.6 is 0 Å². The third kappa shape index (κ3) is 4.12. The third-order valence-electron chi connectivity index (χ3n) is 3.27. The van der Waals surface area contributed by atoms with Crippen LogP contribution in [0.3, 0.4) is 0 Å². The van der Waals surface area contributed by atoms with Gasteiger partial charge in [0.1, 0.15) is 0 Å². The average molecular weight is 185 g/mol. The van der Waals surface area contributed by atoms with E-state index in [0.717, 1.165) is 5.92 Å². The first-order valence-electron chi connectivity index (χ1n) is 5.54. The maximum absolute atomic E-state index is 2.47. The van der Waals surface area contributed by atoms with Gasteiger partial charge >= 0.3 is 0 Å². The van der Waals surface area contributed by atoms with Crippen LogP contribution in [0.1, 0.15) is 54.4 Å². The summed E-state index contributed by atoms with van der Waals surface area (Å²) in [5, 5.41) is 0. The fraction of sp³-hybridized carbons (Fsp3) is 1.00. The minimum absolute atomic E-state index is 0.337. The van der Waals surface area contributed by atoms with Gasteiger partial charge in [-0.25, -0.2) is 0 Å². The van der Waals surface area contributed by atoms with Crippen LogP contribution in [-0.4, -0.2) is 23.5 Å². The van der Waals surface area contributed by atoms with E-state index < -0.39 is 0 Å². The molecule has 0 aromatic heterocycles. The van der Waals surface area contributed by atoms with Crippen LogP contribution in [0.15, 0.2) is 0 Å². The van der Waals surface area contributed by atoms with Crippen molar-refractivity contribution in [3.63, 3.8) is 0 Å². The molecular weight excluding hydrogens is 158 g/mol. The van der Waals surface area contributed by atoms with E-state index in [4.69, 9.17) is 0 Å². The van der Waals surface area contributed by atoms with Crippen LogP contribution in [0.2, 0.25) is 0 Å². The molecule has 80 valence electrons. The molecule has 1 nitrogen and oxygen atoms in total. The van der Waals surface area contributed by atoms with Crippen molar-refractivity contribution in [2.24, 2.45) is 5.92 Å². The summed E-state index contributed by atoms with van der Waals surface area (Å²) in [6.07, 6.45) is 2.58. The van der Waals surface area contributed by atoms with Crippen LogP contribution in [0.5, 0.6) is 0 Å². The SMILES string of the molecule is CCC(C)CC(C)(C)N(C)C(C)C. The molecule has 13 heavy (non-hydrogen) atoms. The van der Waals surface area contributed by atoms with Gasteiger partial charge in [0, 0.05) is 11.6 Å². The molecule has 1 atom stereocenters. The van der Waals surface area contributed by atoms with E-state index >= 15 is 0 Å². The van der Waals surface area contributed by atoms with Crippen molar-refractivity contribution in [3.8, 4) is 0 Å². The molecule has 0 aliphatic heterocycles. The molecule has 0 fully saturated rings. The molecule has 0 saturated carbocycles.